The molecular weight excluding hydrogens is 1020 g/mol. The molecule has 0 aliphatic heterocycles. The van der Waals surface area contributed by atoms with Crippen LogP contribution in [0.2, 0.25) is 0 Å². The monoisotopic (exact) mass is 1070 g/mol. The van der Waals surface area contributed by atoms with Crippen molar-refractivity contribution in [2.24, 2.45) is 0 Å². The van der Waals surface area contributed by atoms with Gasteiger partial charge in [0.05, 0.1) is 5.41 Å². The molecule has 0 bridgehead atoms. The maximum atomic E-state index is 7.00. The van der Waals surface area contributed by atoms with Gasteiger partial charge in [-0.15, -0.1) is 0 Å². The largest absolute Gasteiger partial charge is 0.456 e. The van der Waals surface area contributed by atoms with Gasteiger partial charge in [0.1, 0.15) is 22.3 Å². The lowest BCUT2D eigenvalue weighted by molar-refractivity contribution is 0.650. The normalized spacial score (nSPS) is 14.8. The van der Waals surface area contributed by atoms with Crippen molar-refractivity contribution in [1.82, 2.24) is 0 Å². The minimum absolute atomic E-state index is 0.182. The van der Waals surface area contributed by atoms with E-state index in [1.165, 1.54) is 116 Å². The lowest BCUT2D eigenvalue weighted by Crippen LogP contribution is -2.28. The number of hydrogen-bond donors (Lipinski definition) is 0. The molecule has 12 aromatic carbocycles. The van der Waals surface area contributed by atoms with Crippen LogP contribution in [-0.2, 0) is 22.7 Å². The molecule has 2 nitrogen and oxygen atoms in total. The van der Waals surface area contributed by atoms with Crippen molar-refractivity contribution in [3.63, 3.8) is 0 Å². The fourth-order valence-corrected chi connectivity index (χ4v) is 15.5. The lowest BCUT2D eigenvalue weighted by atomic mass is 9.67. The summed E-state index contributed by atoms with van der Waals surface area (Å²) >= 11 is 0. The SMILES string of the molecule is CC1(C)c2cc(C/C(=C/c3ccc4c(c3)C(c3ccccc3)(c3ccccc3)c3cc(-c5ccccc5)c5oc6ccccc6c5c3-4)c3ccccc3-c3ccccc3)ccc2-c2cc3c(cc21)-c1c(ccc2oc4ccccc4c12)C3(C)C. The van der Waals surface area contributed by atoms with E-state index >= 15 is 0 Å². The number of furan rings is 2. The van der Waals surface area contributed by atoms with Crippen molar-refractivity contribution in [1.29, 1.82) is 0 Å². The Balaban J connectivity index is 0.859. The van der Waals surface area contributed by atoms with Gasteiger partial charge < -0.3 is 8.83 Å². The van der Waals surface area contributed by atoms with E-state index in [2.05, 4.69) is 295 Å². The first-order chi connectivity index (χ1) is 41.2. The van der Waals surface area contributed by atoms with E-state index in [9.17, 15) is 0 Å². The maximum Gasteiger partial charge on any atom is 0.143 e. The predicted molar refractivity (Wildman–Crippen MR) is 349 cm³/mol. The van der Waals surface area contributed by atoms with E-state index in [1.54, 1.807) is 0 Å². The van der Waals surface area contributed by atoms with Gasteiger partial charge in [-0.25, -0.2) is 0 Å². The zero-order valence-corrected chi connectivity index (χ0v) is 47.4. The van der Waals surface area contributed by atoms with Crippen LogP contribution < -0.4 is 0 Å². The Labute approximate surface area is 489 Å². The van der Waals surface area contributed by atoms with Gasteiger partial charge in [0.15, 0.2) is 0 Å². The molecule has 0 N–H and O–H groups in total. The number of para-hydroxylation sites is 2. The van der Waals surface area contributed by atoms with E-state index in [4.69, 9.17) is 8.83 Å². The quantitative estimate of drug-likeness (QED) is 0.142. The van der Waals surface area contributed by atoms with Crippen LogP contribution in [0.3, 0.4) is 0 Å². The first kappa shape index (κ1) is 48.7. The van der Waals surface area contributed by atoms with Crippen molar-refractivity contribution >= 4 is 55.5 Å². The summed E-state index contributed by atoms with van der Waals surface area (Å²) in [6, 6.07) is 96.8. The number of hydrogen-bond acceptors (Lipinski definition) is 2. The molecule has 2 aromatic heterocycles. The summed E-state index contributed by atoms with van der Waals surface area (Å²) in [5.74, 6) is 0. The summed E-state index contributed by atoms with van der Waals surface area (Å²) in [6.07, 6.45) is 3.22. The van der Waals surface area contributed by atoms with Crippen molar-refractivity contribution in [3.05, 3.63) is 322 Å². The Bertz CT molecular complexity index is 5030. The Morgan fingerprint density at radius 3 is 1.61 bits per heavy atom. The summed E-state index contributed by atoms with van der Waals surface area (Å²) in [6.45, 7) is 9.66. The molecular formula is C82H58O2. The lowest BCUT2D eigenvalue weighted by Gasteiger charge is -2.34. The Morgan fingerprint density at radius 1 is 0.357 bits per heavy atom. The second kappa shape index (κ2) is 18.0. The fraction of sp³-hybridized carbons (Fsp3) is 0.0976. The van der Waals surface area contributed by atoms with E-state index in [0.29, 0.717) is 0 Å². The molecule has 0 saturated heterocycles. The van der Waals surface area contributed by atoms with E-state index in [1.807, 2.05) is 0 Å². The first-order valence-electron chi connectivity index (χ1n) is 29.6. The predicted octanol–water partition coefficient (Wildman–Crippen LogP) is 21.6. The maximum absolute atomic E-state index is 7.00. The van der Waals surface area contributed by atoms with Gasteiger partial charge >= 0.3 is 0 Å². The first-order valence-corrected chi connectivity index (χ1v) is 29.6. The molecule has 0 fully saturated rings. The van der Waals surface area contributed by atoms with E-state index < -0.39 is 5.41 Å². The van der Waals surface area contributed by atoms with Crippen LogP contribution in [0, 0.1) is 0 Å². The molecule has 398 valence electrons. The van der Waals surface area contributed by atoms with Crippen LogP contribution in [0.5, 0.6) is 0 Å². The zero-order chi connectivity index (χ0) is 56.1. The molecule has 0 amide bonds. The van der Waals surface area contributed by atoms with Crippen molar-refractivity contribution in [3.8, 4) is 55.6 Å². The second-order valence-electron chi connectivity index (χ2n) is 24.6. The molecule has 14 aromatic rings. The topological polar surface area (TPSA) is 26.3 Å². The highest BCUT2D eigenvalue weighted by molar-refractivity contribution is 6.20. The van der Waals surface area contributed by atoms with Crippen molar-refractivity contribution < 1.29 is 8.83 Å². The van der Waals surface area contributed by atoms with Gasteiger partial charge in [0.25, 0.3) is 0 Å². The highest BCUT2D eigenvalue weighted by Gasteiger charge is 2.48. The standard InChI is InChI=1S/C82H58O2/c1-80(2)66-41-42-74-77(61-33-19-21-35-72(61)83-74)76(66)65-49-68-64(48-69(65)80)59-39-37-50(45-67(59)81(68,3)4)43-54(58-32-18-17-31-57(58)52-23-9-5-10-24-52)44-51-38-40-60-70(46-51)82(55-27-13-7-14-28-55,56-29-15-8-16-30-56)71-47-63(53-25-11-6-12-26-53)79-78(75(60)71)62-34-20-22-36-73(62)84-79/h5-42,44-49H,43H2,1-4H3/b54-44-. The van der Waals surface area contributed by atoms with Crippen LogP contribution in [0.4, 0.5) is 0 Å². The Hall–Kier alpha value is -10.0. The van der Waals surface area contributed by atoms with Crippen LogP contribution in [0.25, 0.3) is 111 Å². The van der Waals surface area contributed by atoms with E-state index in [-0.39, 0.29) is 10.8 Å². The average molecular weight is 1080 g/mol. The van der Waals surface area contributed by atoms with Crippen LogP contribution in [-0.4, -0.2) is 0 Å². The van der Waals surface area contributed by atoms with Crippen LogP contribution in [0.1, 0.15) is 88.9 Å². The number of benzene rings is 12. The summed E-state index contributed by atoms with van der Waals surface area (Å²) in [5.41, 5.74) is 30.3. The summed E-state index contributed by atoms with van der Waals surface area (Å²) in [7, 11) is 0. The average Bonchev–Trinajstić information content (AvgIpc) is 1.55. The van der Waals surface area contributed by atoms with Gasteiger partial charge in [0, 0.05) is 37.9 Å². The molecule has 84 heavy (non-hydrogen) atoms. The minimum Gasteiger partial charge on any atom is -0.456 e. The Kier molecular flexibility index (Phi) is 10.4. The molecule has 0 spiro atoms. The molecule has 3 aliphatic rings. The van der Waals surface area contributed by atoms with Crippen molar-refractivity contribution in [2.45, 2.75) is 50.4 Å². The number of allylic oxidation sites excluding steroid dienone is 1. The van der Waals surface area contributed by atoms with Gasteiger partial charge in [-0.05, 0) is 166 Å². The third kappa shape index (κ3) is 6.86. The summed E-state index contributed by atoms with van der Waals surface area (Å²) in [4.78, 5) is 0. The third-order valence-corrected chi connectivity index (χ3v) is 19.4. The minimum atomic E-state index is -0.675. The molecule has 2 heteroatoms. The summed E-state index contributed by atoms with van der Waals surface area (Å²) in [5, 5.41) is 4.68. The summed E-state index contributed by atoms with van der Waals surface area (Å²) < 4.78 is 13.5. The molecule has 3 aliphatic carbocycles. The smallest absolute Gasteiger partial charge is 0.143 e. The molecule has 0 saturated carbocycles. The van der Waals surface area contributed by atoms with Crippen LogP contribution >= 0.6 is 0 Å². The molecule has 17 rings (SSSR count). The zero-order valence-electron chi connectivity index (χ0n) is 47.4. The Morgan fingerprint density at radius 2 is 0.893 bits per heavy atom. The van der Waals surface area contributed by atoms with Crippen LogP contribution in [0.15, 0.2) is 270 Å². The molecule has 0 atom stereocenters. The highest BCUT2D eigenvalue weighted by atomic mass is 16.3. The van der Waals surface area contributed by atoms with Gasteiger partial charge in [-0.1, -0.05) is 252 Å². The number of fused-ring (bicyclic) bond motifs is 17. The highest BCUT2D eigenvalue weighted by Crippen LogP contribution is 2.62. The molecule has 0 unspecified atom stereocenters. The van der Waals surface area contributed by atoms with Gasteiger partial charge in [-0.3, -0.25) is 0 Å². The number of rotatable bonds is 8. The molecule has 2 heterocycles. The van der Waals surface area contributed by atoms with Gasteiger partial charge in [-0.2, -0.15) is 0 Å². The molecule has 0 radical (unpaired) electrons. The third-order valence-electron chi connectivity index (χ3n) is 19.4. The fourth-order valence-electron chi connectivity index (χ4n) is 15.5. The second-order valence-corrected chi connectivity index (χ2v) is 24.6. The van der Waals surface area contributed by atoms with E-state index in [0.717, 1.165) is 56.2 Å². The van der Waals surface area contributed by atoms with Crippen molar-refractivity contribution in [2.75, 3.05) is 0 Å². The van der Waals surface area contributed by atoms with Gasteiger partial charge in [0.2, 0.25) is 0 Å².